The fraction of sp³-hybridized carbons (Fsp3) is 0.161. The highest BCUT2D eigenvalue weighted by molar-refractivity contribution is 5.96. The van der Waals surface area contributed by atoms with Crippen LogP contribution in [0.2, 0.25) is 0 Å². The third kappa shape index (κ3) is 4.54. The van der Waals surface area contributed by atoms with Crippen molar-refractivity contribution in [3.63, 3.8) is 0 Å². The second-order valence-electron chi connectivity index (χ2n) is 8.96. The molecule has 6 heteroatoms. The molecule has 1 heterocycles. The number of aromatic nitrogens is 2. The Morgan fingerprint density at radius 3 is 2.00 bits per heavy atom. The zero-order chi connectivity index (χ0) is 26.1. The third-order valence-corrected chi connectivity index (χ3v) is 6.37. The quantitative estimate of drug-likeness (QED) is 0.258. The molecule has 0 aliphatic carbocycles. The first-order chi connectivity index (χ1) is 17.9. The molecule has 0 aliphatic rings. The van der Waals surface area contributed by atoms with Crippen LogP contribution in [0.4, 0.5) is 0 Å². The number of methoxy groups -OCH3 is 3. The molecule has 0 fully saturated rings. The van der Waals surface area contributed by atoms with E-state index < -0.39 is 0 Å². The van der Waals surface area contributed by atoms with Gasteiger partial charge in [-0.2, -0.15) is 0 Å². The van der Waals surface area contributed by atoms with Crippen molar-refractivity contribution >= 4 is 33.8 Å². The number of rotatable bonds is 6. The molecular weight excluding hydrogens is 464 g/mol. The van der Waals surface area contributed by atoms with Gasteiger partial charge in [0, 0.05) is 11.6 Å². The van der Waals surface area contributed by atoms with E-state index in [1.54, 1.807) is 32.0 Å². The Labute approximate surface area is 215 Å². The van der Waals surface area contributed by atoms with Crippen LogP contribution < -0.4 is 19.8 Å². The summed E-state index contributed by atoms with van der Waals surface area (Å²) in [5.74, 6) is 2.27. The van der Waals surface area contributed by atoms with Gasteiger partial charge in [-0.05, 0) is 78.2 Å². The molecule has 0 saturated carbocycles. The Hall–Kier alpha value is -4.58. The minimum Gasteiger partial charge on any atom is -0.496 e. The number of ether oxygens (including phenoxy) is 3. The highest BCUT2D eigenvalue weighted by Gasteiger charge is 2.14. The standard InChI is InChI=1S/C31H28N2O4/c1-19-12-20(2)14-24(13-19)33-30(11-10-23-17-28(36-4)29(37-5)18-27(23)35-3)32-26-16-22-9-7-6-8-21(22)15-25(26)31(33)34/h6-18H,1-5H3. The lowest BCUT2D eigenvalue weighted by Crippen LogP contribution is -2.22. The topological polar surface area (TPSA) is 62.6 Å². The number of benzene rings is 4. The van der Waals surface area contributed by atoms with Crippen LogP contribution >= 0.6 is 0 Å². The van der Waals surface area contributed by atoms with Gasteiger partial charge in [0.15, 0.2) is 11.5 Å². The molecule has 6 nitrogen and oxygen atoms in total. The Morgan fingerprint density at radius 1 is 0.730 bits per heavy atom. The smallest absolute Gasteiger partial charge is 0.266 e. The van der Waals surface area contributed by atoms with Gasteiger partial charge in [-0.15, -0.1) is 0 Å². The molecule has 186 valence electrons. The van der Waals surface area contributed by atoms with E-state index in [1.165, 1.54) is 0 Å². The van der Waals surface area contributed by atoms with Crippen LogP contribution in [0.1, 0.15) is 22.5 Å². The van der Waals surface area contributed by atoms with Crippen LogP contribution in [0.3, 0.4) is 0 Å². The average molecular weight is 493 g/mol. The lowest BCUT2D eigenvalue weighted by atomic mass is 10.1. The lowest BCUT2D eigenvalue weighted by molar-refractivity contribution is 0.348. The van der Waals surface area contributed by atoms with Gasteiger partial charge in [-0.1, -0.05) is 30.3 Å². The molecular formula is C31H28N2O4. The maximum atomic E-state index is 14.0. The molecule has 0 spiro atoms. The van der Waals surface area contributed by atoms with Gasteiger partial charge in [0.05, 0.1) is 37.9 Å². The van der Waals surface area contributed by atoms with Crippen LogP contribution in [0.25, 0.3) is 39.5 Å². The van der Waals surface area contributed by atoms with Crippen LogP contribution in [-0.4, -0.2) is 30.9 Å². The van der Waals surface area contributed by atoms with E-state index in [9.17, 15) is 4.79 Å². The molecule has 0 radical (unpaired) electrons. The largest absolute Gasteiger partial charge is 0.496 e. The van der Waals surface area contributed by atoms with E-state index in [0.717, 1.165) is 33.2 Å². The van der Waals surface area contributed by atoms with Gasteiger partial charge >= 0.3 is 0 Å². The summed E-state index contributed by atoms with van der Waals surface area (Å²) in [5, 5.41) is 2.60. The van der Waals surface area contributed by atoms with Crippen LogP contribution in [-0.2, 0) is 0 Å². The van der Waals surface area contributed by atoms with E-state index in [1.807, 2.05) is 80.6 Å². The van der Waals surface area contributed by atoms with Crippen molar-refractivity contribution in [1.29, 1.82) is 0 Å². The molecule has 5 rings (SSSR count). The van der Waals surface area contributed by atoms with E-state index >= 15 is 0 Å². The number of fused-ring (bicyclic) bond motifs is 2. The second kappa shape index (κ2) is 9.82. The highest BCUT2D eigenvalue weighted by Crippen LogP contribution is 2.35. The molecule has 0 atom stereocenters. The van der Waals surface area contributed by atoms with Gasteiger partial charge < -0.3 is 14.2 Å². The summed E-state index contributed by atoms with van der Waals surface area (Å²) in [7, 11) is 4.77. The summed E-state index contributed by atoms with van der Waals surface area (Å²) >= 11 is 0. The molecule has 37 heavy (non-hydrogen) atoms. The van der Waals surface area contributed by atoms with Crippen molar-refractivity contribution in [2.24, 2.45) is 0 Å². The number of nitrogens with zero attached hydrogens (tertiary/aromatic N) is 2. The predicted molar refractivity (Wildman–Crippen MR) is 149 cm³/mol. The zero-order valence-corrected chi connectivity index (χ0v) is 21.5. The van der Waals surface area contributed by atoms with Gasteiger partial charge in [0.1, 0.15) is 11.6 Å². The Balaban J connectivity index is 1.77. The maximum absolute atomic E-state index is 14.0. The molecule has 4 aromatic carbocycles. The predicted octanol–water partition coefficient (Wildman–Crippen LogP) is 6.35. The van der Waals surface area contributed by atoms with E-state index in [2.05, 4.69) is 6.07 Å². The summed E-state index contributed by atoms with van der Waals surface area (Å²) in [6.07, 6.45) is 3.70. The zero-order valence-electron chi connectivity index (χ0n) is 21.5. The SMILES string of the molecule is COc1cc(OC)c(OC)cc1C=Cc1nc2cc3ccccc3cc2c(=O)n1-c1cc(C)cc(C)c1. The van der Waals surface area contributed by atoms with E-state index in [-0.39, 0.29) is 5.56 Å². The van der Waals surface area contributed by atoms with Crippen LogP contribution in [0.15, 0.2) is 71.5 Å². The summed E-state index contributed by atoms with van der Waals surface area (Å²) in [5.41, 5.74) is 4.18. The Kier molecular flexibility index (Phi) is 6.40. The van der Waals surface area contributed by atoms with Crippen molar-refractivity contribution in [3.05, 3.63) is 99.6 Å². The molecule has 0 aliphatic heterocycles. The van der Waals surface area contributed by atoms with Crippen molar-refractivity contribution < 1.29 is 14.2 Å². The summed E-state index contributed by atoms with van der Waals surface area (Å²) in [6, 6.07) is 21.6. The fourth-order valence-corrected chi connectivity index (χ4v) is 4.68. The minimum atomic E-state index is -0.125. The molecule has 1 aromatic heterocycles. The van der Waals surface area contributed by atoms with Gasteiger partial charge in [0.2, 0.25) is 0 Å². The molecule has 5 aromatic rings. The second-order valence-corrected chi connectivity index (χ2v) is 8.96. The number of aryl methyl sites for hydroxylation is 2. The Morgan fingerprint density at radius 2 is 1.35 bits per heavy atom. The number of hydrogen-bond donors (Lipinski definition) is 0. The van der Waals surface area contributed by atoms with E-state index in [0.29, 0.717) is 34.0 Å². The molecule has 0 N–H and O–H groups in total. The molecule has 0 saturated heterocycles. The summed E-state index contributed by atoms with van der Waals surface area (Å²) < 4.78 is 18.1. The number of hydrogen-bond acceptors (Lipinski definition) is 5. The maximum Gasteiger partial charge on any atom is 0.266 e. The van der Waals surface area contributed by atoms with Crippen molar-refractivity contribution in [2.45, 2.75) is 13.8 Å². The normalized spacial score (nSPS) is 11.4. The first kappa shape index (κ1) is 24.1. The molecule has 0 bridgehead atoms. The third-order valence-electron chi connectivity index (χ3n) is 6.37. The fourth-order valence-electron chi connectivity index (χ4n) is 4.68. The van der Waals surface area contributed by atoms with Gasteiger partial charge in [-0.3, -0.25) is 9.36 Å². The molecule has 0 amide bonds. The summed E-state index contributed by atoms with van der Waals surface area (Å²) in [6.45, 7) is 4.04. The Bertz CT molecular complexity index is 1710. The van der Waals surface area contributed by atoms with Crippen LogP contribution in [0.5, 0.6) is 17.2 Å². The van der Waals surface area contributed by atoms with Crippen LogP contribution in [0, 0.1) is 13.8 Å². The first-order valence-electron chi connectivity index (χ1n) is 11.9. The average Bonchev–Trinajstić information content (AvgIpc) is 2.89. The highest BCUT2D eigenvalue weighted by atomic mass is 16.5. The first-order valence-corrected chi connectivity index (χ1v) is 11.9. The van der Waals surface area contributed by atoms with Crippen molar-refractivity contribution in [2.75, 3.05) is 21.3 Å². The summed E-state index contributed by atoms with van der Waals surface area (Å²) in [4.78, 5) is 18.9. The molecule has 0 unspecified atom stereocenters. The van der Waals surface area contributed by atoms with Gasteiger partial charge in [0.25, 0.3) is 5.56 Å². The van der Waals surface area contributed by atoms with Gasteiger partial charge in [-0.25, -0.2) is 4.98 Å². The minimum absolute atomic E-state index is 0.125. The van der Waals surface area contributed by atoms with Crippen molar-refractivity contribution in [1.82, 2.24) is 9.55 Å². The lowest BCUT2D eigenvalue weighted by Gasteiger charge is -2.14. The monoisotopic (exact) mass is 492 g/mol. The van der Waals surface area contributed by atoms with Crippen molar-refractivity contribution in [3.8, 4) is 22.9 Å². The van der Waals surface area contributed by atoms with E-state index in [4.69, 9.17) is 19.2 Å².